The summed E-state index contributed by atoms with van der Waals surface area (Å²) in [6, 6.07) is 0.327. The number of carbonyl (C=O) groups is 2. The predicted molar refractivity (Wildman–Crippen MR) is 57.3 cm³/mol. The van der Waals surface area contributed by atoms with E-state index in [1.165, 1.54) is 0 Å². The molecular weight excluding hydrogens is 190 g/mol. The molecule has 0 bridgehead atoms. The van der Waals surface area contributed by atoms with Gasteiger partial charge in [-0.05, 0) is 45.4 Å². The number of rotatable bonds is 3. The summed E-state index contributed by atoms with van der Waals surface area (Å²) in [5.74, 6) is 1.10. The minimum absolute atomic E-state index is 0.237. The third-order valence-corrected chi connectivity index (χ3v) is 3.60. The van der Waals surface area contributed by atoms with Crippen molar-refractivity contribution in [2.45, 2.75) is 51.5 Å². The van der Waals surface area contributed by atoms with Crippen molar-refractivity contribution in [1.82, 2.24) is 5.32 Å². The van der Waals surface area contributed by atoms with E-state index in [-0.39, 0.29) is 11.8 Å². The van der Waals surface area contributed by atoms with E-state index in [1.807, 2.05) is 0 Å². The van der Waals surface area contributed by atoms with E-state index in [2.05, 4.69) is 5.32 Å². The first-order valence-corrected chi connectivity index (χ1v) is 5.97. The van der Waals surface area contributed by atoms with E-state index in [1.54, 1.807) is 6.92 Å². The lowest BCUT2D eigenvalue weighted by Gasteiger charge is -2.27. The van der Waals surface area contributed by atoms with Crippen LogP contribution in [0.1, 0.15) is 45.4 Å². The molecule has 15 heavy (non-hydrogen) atoms. The molecule has 84 valence electrons. The number of carbonyl (C=O) groups excluding carboxylic acids is 2. The highest BCUT2D eigenvalue weighted by Crippen LogP contribution is 2.30. The monoisotopic (exact) mass is 209 g/mol. The molecule has 3 nitrogen and oxygen atoms in total. The van der Waals surface area contributed by atoms with Crippen molar-refractivity contribution >= 4 is 11.7 Å². The molecule has 0 aliphatic heterocycles. The molecule has 0 spiro atoms. The van der Waals surface area contributed by atoms with E-state index >= 15 is 0 Å². The highest BCUT2D eigenvalue weighted by atomic mass is 16.2. The van der Waals surface area contributed by atoms with E-state index in [9.17, 15) is 9.59 Å². The minimum Gasteiger partial charge on any atom is -0.353 e. The van der Waals surface area contributed by atoms with Gasteiger partial charge in [-0.2, -0.15) is 0 Å². The zero-order chi connectivity index (χ0) is 10.8. The third-order valence-electron chi connectivity index (χ3n) is 3.60. The van der Waals surface area contributed by atoms with Crippen LogP contribution < -0.4 is 5.32 Å². The minimum atomic E-state index is 0.237. The largest absolute Gasteiger partial charge is 0.353 e. The molecule has 0 aromatic heterocycles. The molecule has 0 saturated heterocycles. The quantitative estimate of drug-likeness (QED) is 0.768. The lowest BCUT2D eigenvalue weighted by molar-refractivity contribution is -0.123. The van der Waals surface area contributed by atoms with Crippen molar-refractivity contribution in [2.24, 2.45) is 11.8 Å². The Bertz CT molecular complexity index is 263. The predicted octanol–water partition coefficient (Wildman–Crippen LogP) is 1.66. The second-order valence-electron chi connectivity index (χ2n) is 4.94. The van der Waals surface area contributed by atoms with Gasteiger partial charge in [0.05, 0.1) is 0 Å². The maximum atomic E-state index is 11.5. The Balaban J connectivity index is 1.73. The van der Waals surface area contributed by atoms with Crippen molar-refractivity contribution in [3.8, 4) is 0 Å². The van der Waals surface area contributed by atoms with Gasteiger partial charge in [-0.3, -0.25) is 9.59 Å². The van der Waals surface area contributed by atoms with Gasteiger partial charge in [0, 0.05) is 17.9 Å². The third kappa shape index (κ3) is 2.80. The second-order valence-corrected chi connectivity index (χ2v) is 4.94. The molecule has 3 heteroatoms. The van der Waals surface area contributed by atoms with Crippen molar-refractivity contribution in [1.29, 1.82) is 0 Å². The molecule has 1 amide bonds. The molecule has 2 aliphatic carbocycles. The number of hydrogen-bond donors (Lipinski definition) is 1. The maximum absolute atomic E-state index is 11.5. The van der Waals surface area contributed by atoms with Gasteiger partial charge in [-0.1, -0.05) is 0 Å². The standard InChI is InChI=1S/C12H19NO2/c1-8(14)9-4-6-11(7-5-9)13-12(15)10-2-3-10/h9-11H,2-7H2,1H3,(H,13,15)/t9-,11-. The zero-order valence-electron chi connectivity index (χ0n) is 9.29. The molecule has 0 aromatic rings. The van der Waals surface area contributed by atoms with Gasteiger partial charge in [0.25, 0.3) is 0 Å². The molecule has 2 fully saturated rings. The van der Waals surface area contributed by atoms with Gasteiger partial charge in [0.2, 0.25) is 5.91 Å². The maximum Gasteiger partial charge on any atom is 0.223 e. The molecule has 0 aromatic carbocycles. The van der Waals surface area contributed by atoms with Crippen molar-refractivity contribution < 1.29 is 9.59 Å². The smallest absolute Gasteiger partial charge is 0.223 e. The summed E-state index contributed by atoms with van der Waals surface area (Å²) in [6.07, 6.45) is 5.98. The molecule has 2 saturated carbocycles. The van der Waals surface area contributed by atoms with E-state index < -0.39 is 0 Å². The fraction of sp³-hybridized carbons (Fsp3) is 0.833. The Kier molecular flexibility index (Phi) is 3.08. The Labute approximate surface area is 90.6 Å². The molecular formula is C12H19NO2. The summed E-state index contributed by atoms with van der Waals surface area (Å²) in [7, 11) is 0. The van der Waals surface area contributed by atoms with Crippen LogP contribution in [0.4, 0.5) is 0 Å². The Hall–Kier alpha value is -0.860. The fourth-order valence-electron chi connectivity index (χ4n) is 2.31. The van der Waals surface area contributed by atoms with Crippen LogP contribution in [0.15, 0.2) is 0 Å². The van der Waals surface area contributed by atoms with Gasteiger partial charge in [-0.15, -0.1) is 0 Å². The Morgan fingerprint density at radius 1 is 0.933 bits per heavy atom. The summed E-state index contributed by atoms with van der Waals surface area (Å²) in [4.78, 5) is 22.7. The highest BCUT2D eigenvalue weighted by molar-refractivity contribution is 5.81. The van der Waals surface area contributed by atoms with Gasteiger partial charge in [-0.25, -0.2) is 0 Å². The average molecular weight is 209 g/mol. The topological polar surface area (TPSA) is 46.2 Å². The van der Waals surface area contributed by atoms with Crippen LogP contribution in [0, 0.1) is 11.8 Å². The van der Waals surface area contributed by atoms with Crippen LogP contribution in [0.3, 0.4) is 0 Å². The molecule has 0 heterocycles. The van der Waals surface area contributed by atoms with E-state index in [0.29, 0.717) is 17.7 Å². The molecule has 2 aliphatic rings. The summed E-state index contributed by atoms with van der Waals surface area (Å²) < 4.78 is 0. The number of hydrogen-bond acceptors (Lipinski definition) is 2. The van der Waals surface area contributed by atoms with Gasteiger partial charge in [0.15, 0.2) is 0 Å². The van der Waals surface area contributed by atoms with Gasteiger partial charge in [0.1, 0.15) is 5.78 Å². The van der Waals surface area contributed by atoms with Crippen LogP contribution >= 0.6 is 0 Å². The number of Topliss-reactive ketones (excluding diaryl/α,β-unsaturated/α-hetero) is 1. The fourth-order valence-corrected chi connectivity index (χ4v) is 2.31. The number of ketones is 1. The number of amides is 1. The number of nitrogens with one attached hydrogen (secondary N) is 1. The first-order chi connectivity index (χ1) is 7.16. The van der Waals surface area contributed by atoms with E-state index in [4.69, 9.17) is 0 Å². The average Bonchev–Trinajstić information content (AvgIpc) is 3.01. The Morgan fingerprint density at radius 3 is 1.93 bits per heavy atom. The van der Waals surface area contributed by atoms with Gasteiger partial charge < -0.3 is 5.32 Å². The van der Waals surface area contributed by atoms with Crippen molar-refractivity contribution in [2.75, 3.05) is 0 Å². The van der Waals surface area contributed by atoms with Crippen LogP contribution in [0.2, 0.25) is 0 Å². The van der Waals surface area contributed by atoms with Crippen LogP contribution in [-0.2, 0) is 9.59 Å². The lowest BCUT2D eigenvalue weighted by Crippen LogP contribution is -2.39. The first-order valence-electron chi connectivity index (χ1n) is 5.97. The van der Waals surface area contributed by atoms with Crippen LogP contribution in [-0.4, -0.2) is 17.7 Å². The second kappa shape index (κ2) is 4.33. The Morgan fingerprint density at radius 2 is 1.47 bits per heavy atom. The van der Waals surface area contributed by atoms with E-state index in [0.717, 1.165) is 38.5 Å². The summed E-state index contributed by atoms with van der Waals surface area (Å²) in [5, 5.41) is 3.09. The van der Waals surface area contributed by atoms with Crippen LogP contribution in [0.5, 0.6) is 0 Å². The SMILES string of the molecule is CC(=O)[C@H]1CC[C@H](NC(=O)C2CC2)CC1. The van der Waals surface area contributed by atoms with Gasteiger partial charge >= 0.3 is 0 Å². The molecule has 0 radical (unpaired) electrons. The first kappa shape index (κ1) is 10.7. The summed E-state index contributed by atoms with van der Waals surface area (Å²) >= 11 is 0. The van der Waals surface area contributed by atoms with Crippen LogP contribution in [0.25, 0.3) is 0 Å². The normalized spacial score (nSPS) is 31.0. The molecule has 2 rings (SSSR count). The lowest BCUT2D eigenvalue weighted by atomic mass is 9.84. The van der Waals surface area contributed by atoms with Crippen molar-refractivity contribution in [3.63, 3.8) is 0 Å². The molecule has 1 N–H and O–H groups in total. The highest BCUT2D eigenvalue weighted by Gasteiger charge is 2.32. The zero-order valence-corrected chi connectivity index (χ0v) is 9.29. The molecule has 0 unspecified atom stereocenters. The summed E-state index contributed by atoms with van der Waals surface area (Å²) in [5.41, 5.74) is 0. The summed E-state index contributed by atoms with van der Waals surface area (Å²) in [6.45, 7) is 1.67. The molecule has 0 atom stereocenters. The van der Waals surface area contributed by atoms with Crippen molar-refractivity contribution in [3.05, 3.63) is 0 Å².